The summed E-state index contributed by atoms with van der Waals surface area (Å²) in [6.45, 7) is 2.51. The Bertz CT molecular complexity index is 1110. The van der Waals surface area contributed by atoms with E-state index in [1.807, 2.05) is 36.4 Å². The van der Waals surface area contributed by atoms with Crippen LogP contribution in [0.5, 0.6) is 0 Å². The lowest BCUT2D eigenvalue weighted by atomic mass is 10.1. The third-order valence-corrected chi connectivity index (χ3v) is 5.64. The highest BCUT2D eigenvalue weighted by Crippen LogP contribution is 2.31. The lowest BCUT2D eigenvalue weighted by Gasteiger charge is -2.20. The highest BCUT2D eigenvalue weighted by Gasteiger charge is 2.22. The zero-order valence-electron chi connectivity index (χ0n) is 15.4. The maximum atomic E-state index is 13.3. The Morgan fingerprint density at radius 3 is 2.46 bits per heavy atom. The number of anilines is 1. The van der Waals surface area contributed by atoms with Crippen molar-refractivity contribution in [3.05, 3.63) is 95.3 Å². The van der Waals surface area contributed by atoms with E-state index in [-0.39, 0.29) is 11.7 Å². The molecule has 0 spiro atoms. The second kappa shape index (κ2) is 7.90. The van der Waals surface area contributed by atoms with Crippen LogP contribution in [0, 0.1) is 5.82 Å². The van der Waals surface area contributed by atoms with Gasteiger partial charge in [-0.25, -0.2) is 9.37 Å². The number of fused-ring (bicyclic) bond motifs is 1. The van der Waals surface area contributed by atoms with Gasteiger partial charge in [0.15, 0.2) is 5.13 Å². The lowest BCUT2D eigenvalue weighted by Crippen LogP contribution is -2.30. The number of amides is 1. The average Bonchev–Trinajstić information content (AvgIpc) is 3.15. The molecule has 4 rings (SSSR count). The van der Waals surface area contributed by atoms with E-state index in [0.29, 0.717) is 17.2 Å². The molecule has 0 aliphatic carbocycles. The minimum atomic E-state index is -0.363. The third-order valence-electron chi connectivity index (χ3n) is 4.60. The average molecular weight is 390 g/mol. The second-order valence-electron chi connectivity index (χ2n) is 6.54. The van der Waals surface area contributed by atoms with Gasteiger partial charge >= 0.3 is 0 Å². The number of rotatable bonds is 5. The standard InChI is InChI=1S/C23H19FN2OS/c1-2-16-8-13-20-21(14-16)28-23(25-20)26(15-17-6-4-3-5-7-17)22(27)18-9-11-19(24)12-10-18/h3-14H,2,15H2,1H3. The van der Waals surface area contributed by atoms with Crippen molar-refractivity contribution in [3.63, 3.8) is 0 Å². The first-order valence-corrected chi connectivity index (χ1v) is 9.96. The van der Waals surface area contributed by atoms with Crippen LogP contribution in [0.1, 0.15) is 28.4 Å². The fourth-order valence-corrected chi connectivity index (χ4v) is 4.06. The zero-order valence-corrected chi connectivity index (χ0v) is 16.2. The Morgan fingerprint density at radius 1 is 1.00 bits per heavy atom. The minimum Gasteiger partial charge on any atom is -0.279 e. The maximum absolute atomic E-state index is 13.3. The first-order chi connectivity index (χ1) is 13.6. The van der Waals surface area contributed by atoms with Crippen molar-refractivity contribution in [3.8, 4) is 0 Å². The van der Waals surface area contributed by atoms with Crippen molar-refractivity contribution in [2.75, 3.05) is 4.90 Å². The molecule has 0 fully saturated rings. The van der Waals surface area contributed by atoms with Gasteiger partial charge in [-0.05, 0) is 53.9 Å². The predicted molar refractivity (Wildman–Crippen MR) is 112 cm³/mol. The van der Waals surface area contributed by atoms with Crippen LogP contribution in [0.3, 0.4) is 0 Å². The van der Waals surface area contributed by atoms with Crippen molar-refractivity contribution >= 4 is 32.6 Å². The molecular formula is C23H19FN2OS. The Balaban J connectivity index is 1.75. The summed E-state index contributed by atoms with van der Waals surface area (Å²) in [5.41, 5.74) is 3.56. The number of carbonyl (C=O) groups is 1. The molecule has 1 heterocycles. The number of hydrogen-bond donors (Lipinski definition) is 0. The van der Waals surface area contributed by atoms with Crippen LogP contribution >= 0.6 is 11.3 Å². The quantitative estimate of drug-likeness (QED) is 0.429. The Hall–Kier alpha value is -3.05. The van der Waals surface area contributed by atoms with Gasteiger partial charge in [0.2, 0.25) is 0 Å². The van der Waals surface area contributed by atoms with E-state index in [2.05, 4.69) is 19.1 Å². The molecule has 0 saturated carbocycles. The van der Waals surface area contributed by atoms with E-state index < -0.39 is 0 Å². The van der Waals surface area contributed by atoms with E-state index in [0.717, 1.165) is 22.2 Å². The number of thiazole rings is 1. The summed E-state index contributed by atoms with van der Waals surface area (Å²) in [7, 11) is 0. The summed E-state index contributed by atoms with van der Waals surface area (Å²) in [5, 5.41) is 0.640. The SMILES string of the molecule is CCc1ccc2nc(N(Cc3ccccc3)C(=O)c3ccc(F)cc3)sc2c1. The first kappa shape index (κ1) is 18.3. The topological polar surface area (TPSA) is 33.2 Å². The number of nitrogens with zero attached hydrogens (tertiary/aromatic N) is 2. The summed E-state index contributed by atoms with van der Waals surface area (Å²) in [5.74, 6) is -0.558. The molecule has 3 nitrogen and oxygen atoms in total. The molecule has 1 aromatic heterocycles. The Morgan fingerprint density at radius 2 is 1.75 bits per heavy atom. The van der Waals surface area contributed by atoms with E-state index in [1.165, 1.54) is 41.2 Å². The molecule has 0 saturated heterocycles. The Kier molecular flexibility index (Phi) is 5.17. The van der Waals surface area contributed by atoms with Gasteiger partial charge in [-0.2, -0.15) is 0 Å². The number of hydrogen-bond acceptors (Lipinski definition) is 3. The summed E-state index contributed by atoms with van der Waals surface area (Å²) in [4.78, 5) is 19.6. The fourth-order valence-electron chi connectivity index (χ4n) is 3.03. The molecule has 1 amide bonds. The summed E-state index contributed by atoms with van der Waals surface area (Å²) < 4.78 is 14.4. The number of carbonyl (C=O) groups excluding carboxylic acids is 1. The number of aryl methyl sites for hydroxylation is 1. The van der Waals surface area contributed by atoms with Crippen LogP contribution in [0.4, 0.5) is 9.52 Å². The summed E-state index contributed by atoms with van der Waals surface area (Å²) in [6, 6.07) is 21.6. The van der Waals surface area contributed by atoms with Gasteiger partial charge in [-0.3, -0.25) is 9.69 Å². The highest BCUT2D eigenvalue weighted by atomic mass is 32.1. The molecule has 140 valence electrons. The van der Waals surface area contributed by atoms with Gasteiger partial charge in [0.1, 0.15) is 5.82 Å². The molecule has 0 aliphatic rings. The minimum absolute atomic E-state index is 0.196. The molecule has 0 unspecified atom stereocenters. The third kappa shape index (κ3) is 3.80. The van der Waals surface area contributed by atoms with Gasteiger partial charge < -0.3 is 0 Å². The molecule has 0 bridgehead atoms. The van der Waals surface area contributed by atoms with Gasteiger partial charge in [-0.1, -0.05) is 54.7 Å². The van der Waals surface area contributed by atoms with Gasteiger partial charge in [0.05, 0.1) is 16.8 Å². The van der Waals surface area contributed by atoms with Crippen LogP contribution < -0.4 is 4.90 Å². The summed E-state index contributed by atoms with van der Waals surface area (Å²) in [6.07, 6.45) is 0.950. The molecule has 0 N–H and O–H groups in total. The number of halogens is 1. The van der Waals surface area contributed by atoms with Crippen LogP contribution in [-0.4, -0.2) is 10.9 Å². The molecule has 4 aromatic rings. The predicted octanol–water partition coefficient (Wildman–Crippen LogP) is 5.84. The molecular weight excluding hydrogens is 371 g/mol. The van der Waals surface area contributed by atoms with Crippen LogP contribution in [0.15, 0.2) is 72.8 Å². The van der Waals surface area contributed by atoms with Gasteiger partial charge in [0, 0.05) is 5.56 Å². The fraction of sp³-hybridized carbons (Fsp3) is 0.130. The van der Waals surface area contributed by atoms with E-state index in [4.69, 9.17) is 4.98 Å². The van der Waals surface area contributed by atoms with Crippen LogP contribution in [0.2, 0.25) is 0 Å². The molecule has 3 aromatic carbocycles. The zero-order chi connectivity index (χ0) is 19.5. The molecule has 5 heteroatoms. The number of aromatic nitrogens is 1. The largest absolute Gasteiger partial charge is 0.279 e. The first-order valence-electron chi connectivity index (χ1n) is 9.15. The van der Waals surface area contributed by atoms with Crippen molar-refractivity contribution < 1.29 is 9.18 Å². The van der Waals surface area contributed by atoms with Crippen molar-refractivity contribution in [1.29, 1.82) is 0 Å². The lowest BCUT2D eigenvalue weighted by molar-refractivity contribution is 0.0985. The van der Waals surface area contributed by atoms with Crippen LogP contribution in [0.25, 0.3) is 10.2 Å². The van der Waals surface area contributed by atoms with Crippen LogP contribution in [-0.2, 0) is 13.0 Å². The van der Waals surface area contributed by atoms with Crippen molar-refractivity contribution in [2.24, 2.45) is 0 Å². The van der Waals surface area contributed by atoms with Crippen molar-refractivity contribution in [1.82, 2.24) is 4.98 Å². The molecule has 0 radical (unpaired) electrons. The smallest absolute Gasteiger partial charge is 0.260 e. The Labute approximate surface area is 167 Å². The summed E-state index contributed by atoms with van der Waals surface area (Å²) >= 11 is 1.50. The molecule has 0 aliphatic heterocycles. The monoisotopic (exact) mass is 390 g/mol. The van der Waals surface area contributed by atoms with E-state index >= 15 is 0 Å². The molecule has 28 heavy (non-hydrogen) atoms. The number of benzene rings is 3. The van der Waals surface area contributed by atoms with E-state index in [9.17, 15) is 9.18 Å². The highest BCUT2D eigenvalue weighted by molar-refractivity contribution is 7.22. The van der Waals surface area contributed by atoms with Gasteiger partial charge in [-0.15, -0.1) is 0 Å². The van der Waals surface area contributed by atoms with Crippen molar-refractivity contribution in [2.45, 2.75) is 19.9 Å². The van der Waals surface area contributed by atoms with E-state index in [1.54, 1.807) is 4.90 Å². The second-order valence-corrected chi connectivity index (χ2v) is 7.54. The normalized spacial score (nSPS) is 10.9. The maximum Gasteiger partial charge on any atom is 0.260 e. The van der Waals surface area contributed by atoms with Gasteiger partial charge in [0.25, 0.3) is 5.91 Å². The molecule has 0 atom stereocenters.